The quantitative estimate of drug-likeness (QED) is 0.934. The van der Waals surface area contributed by atoms with E-state index in [2.05, 4.69) is 17.3 Å². The molecule has 1 N–H and O–H groups in total. The van der Waals surface area contributed by atoms with Gasteiger partial charge in [0.15, 0.2) is 0 Å². The Hall–Kier alpha value is -2.40. The van der Waals surface area contributed by atoms with Crippen LogP contribution in [0.5, 0.6) is 5.75 Å². The van der Waals surface area contributed by atoms with Crippen molar-refractivity contribution in [3.05, 3.63) is 65.0 Å². The zero-order valence-electron chi connectivity index (χ0n) is 14.2. The van der Waals surface area contributed by atoms with Crippen molar-refractivity contribution < 1.29 is 13.9 Å². The van der Waals surface area contributed by atoms with Crippen molar-refractivity contribution in [2.45, 2.75) is 12.5 Å². The first kappa shape index (κ1) is 16.1. The maximum atomic E-state index is 13.3. The van der Waals surface area contributed by atoms with Crippen molar-refractivity contribution in [1.29, 1.82) is 0 Å². The maximum Gasteiger partial charge on any atom is 0.251 e. The normalized spacial score (nSPS) is 22.7. The molecule has 2 aliphatic heterocycles. The highest BCUT2D eigenvalue weighted by molar-refractivity contribution is 5.96. The third-order valence-corrected chi connectivity index (χ3v) is 5.11. The lowest BCUT2D eigenvalue weighted by Crippen LogP contribution is -2.29. The van der Waals surface area contributed by atoms with Gasteiger partial charge < -0.3 is 15.0 Å². The molecule has 2 aromatic carbocycles. The summed E-state index contributed by atoms with van der Waals surface area (Å²) in [7, 11) is 2.12. The van der Waals surface area contributed by atoms with Gasteiger partial charge in [-0.25, -0.2) is 4.39 Å². The van der Waals surface area contributed by atoms with Gasteiger partial charge in [-0.3, -0.25) is 4.79 Å². The number of hydrogen-bond donors (Lipinski definition) is 1. The van der Waals surface area contributed by atoms with E-state index in [1.54, 1.807) is 6.07 Å². The number of rotatable bonds is 3. The second kappa shape index (κ2) is 6.48. The maximum absolute atomic E-state index is 13.3. The summed E-state index contributed by atoms with van der Waals surface area (Å²) >= 11 is 0. The zero-order valence-corrected chi connectivity index (χ0v) is 14.2. The van der Waals surface area contributed by atoms with Crippen LogP contribution in [0.2, 0.25) is 0 Å². The first-order valence-electron chi connectivity index (χ1n) is 8.58. The molecule has 1 fully saturated rings. The fourth-order valence-corrected chi connectivity index (χ4v) is 3.90. The van der Waals surface area contributed by atoms with Crippen LogP contribution in [-0.4, -0.2) is 37.5 Å². The first-order valence-corrected chi connectivity index (χ1v) is 8.58. The average molecular weight is 340 g/mol. The number of likely N-dealkylation sites (N-methyl/N-ethyl adjacent to an activating group) is 1. The number of hydrogen-bond acceptors (Lipinski definition) is 3. The Morgan fingerprint density at radius 2 is 2.12 bits per heavy atom. The molecule has 1 amide bonds. The van der Waals surface area contributed by atoms with Crippen LogP contribution in [0.25, 0.3) is 0 Å². The molecule has 130 valence electrons. The van der Waals surface area contributed by atoms with Crippen molar-refractivity contribution in [2.24, 2.45) is 5.92 Å². The molecule has 0 aromatic heterocycles. The molecular weight excluding hydrogens is 319 g/mol. The monoisotopic (exact) mass is 340 g/mol. The van der Waals surface area contributed by atoms with E-state index in [1.165, 1.54) is 12.1 Å². The first-order chi connectivity index (χ1) is 12.1. The van der Waals surface area contributed by atoms with Crippen LogP contribution in [0.15, 0.2) is 42.5 Å². The zero-order chi connectivity index (χ0) is 17.4. The van der Waals surface area contributed by atoms with E-state index in [-0.39, 0.29) is 18.3 Å². The fourth-order valence-electron chi connectivity index (χ4n) is 3.90. The summed E-state index contributed by atoms with van der Waals surface area (Å²) in [6.45, 7) is 2.95. The second-order valence-electron chi connectivity index (χ2n) is 6.97. The number of fused-ring (bicyclic) bond motifs is 3. The van der Waals surface area contributed by atoms with Crippen molar-refractivity contribution in [1.82, 2.24) is 10.2 Å². The Morgan fingerprint density at radius 1 is 1.24 bits per heavy atom. The number of nitrogens with one attached hydrogen (secondary N) is 1. The van der Waals surface area contributed by atoms with Gasteiger partial charge in [-0.15, -0.1) is 0 Å². The summed E-state index contributed by atoms with van der Waals surface area (Å²) in [5, 5.41) is 3.03. The minimum atomic E-state index is -0.279. The number of benzene rings is 2. The van der Waals surface area contributed by atoms with Crippen molar-refractivity contribution >= 4 is 5.91 Å². The predicted octanol–water partition coefficient (Wildman–Crippen LogP) is 2.79. The number of carbonyl (C=O) groups excluding carboxylic acids is 1. The molecule has 1 saturated heterocycles. The smallest absolute Gasteiger partial charge is 0.251 e. The molecule has 5 heteroatoms. The summed E-state index contributed by atoms with van der Waals surface area (Å²) in [4.78, 5) is 14.8. The van der Waals surface area contributed by atoms with Crippen LogP contribution in [0, 0.1) is 11.7 Å². The van der Waals surface area contributed by atoms with Crippen LogP contribution in [0.4, 0.5) is 4.39 Å². The Balaban J connectivity index is 1.57. The van der Waals surface area contributed by atoms with E-state index < -0.39 is 0 Å². The van der Waals surface area contributed by atoms with Gasteiger partial charge in [0.2, 0.25) is 0 Å². The highest BCUT2D eigenvalue weighted by atomic mass is 19.1. The van der Waals surface area contributed by atoms with Crippen molar-refractivity contribution in [3.63, 3.8) is 0 Å². The summed E-state index contributed by atoms with van der Waals surface area (Å²) < 4.78 is 19.0. The predicted molar refractivity (Wildman–Crippen MR) is 93.2 cm³/mol. The molecule has 0 spiro atoms. The van der Waals surface area contributed by atoms with E-state index in [9.17, 15) is 9.18 Å². The molecule has 2 unspecified atom stereocenters. The summed E-state index contributed by atoms with van der Waals surface area (Å²) in [6.07, 6.45) is 0. The van der Waals surface area contributed by atoms with Crippen LogP contribution in [0.1, 0.15) is 27.4 Å². The largest absolute Gasteiger partial charge is 0.489 e. The van der Waals surface area contributed by atoms with E-state index in [0.717, 1.165) is 24.2 Å². The van der Waals surface area contributed by atoms with Gasteiger partial charge in [0.25, 0.3) is 5.91 Å². The number of nitrogens with zero attached hydrogens (tertiary/aromatic N) is 1. The second-order valence-corrected chi connectivity index (χ2v) is 6.97. The van der Waals surface area contributed by atoms with E-state index in [4.69, 9.17) is 4.74 Å². The van der Waals surface area contributed by atoms with Gasteiger partial charge in [-0.1, -0.05) is 18.2 Å². The van der Waals surface area contributed by atoms with Gasteiger partial charge in [0.1, 0.15) is 18.2 Å². The number of amides is 1. The molecule has 4 nitrogen and oxygen atoms in total. The molecule has 2 heterocycles. The average Bonchev–Trinajstić information content (AvgIpc) is 2.93. The molecule has 4 rings (SSSR count). The number of carbonyl (C=O) groups is 1. The summed E-state index contributed by atoms with van der Waals surface area (Å²) in [5.74, 6) is 1.13. The highest BCUT2D eigenvalue weighted by Gasteiger charge is 2.36. The molecule has 0 aliphatic carbocycles. The number of ether oxygens (including phenoxy) is 1. The minimum absolute atomic E-state index is 0.0386. The lowest BCUT2D eigenvalue weighted by atomic mass is 9.87. The Bertz CT molecular complexity index is 808. The van der Waals surface area contributed by atoms with Crippen LogP contribution < -0.4 is 10.1 Å². The van der Waals surface area contributed by atoms with E-state index in [0.29, 0.717) is 29.7 Å². The van der Waals surface area contributed by atoms with Crippen LogP contribution in [0.3, 0.4) is 0 Å². The highest BCUT2D eigenvalue weighted by Crippen LogP contribution is 2.36. The molecule has 2 aromatic rings. The Labute approximate surface area is 146 Å². The molecule has 2 aliphatic rings. The molecular formula is C20H21FN2O2. The van der Waals surface area contributed by atoms with Crippen LogP contribution >= 0.6 is 0 Å². The minimum Gasteiger partial charge on any atom is -0.489 e. The van der Waals surface area contributed by atoms with Gasteiger partial charge in [-0.05, 0) is 48.4 Å². The molecule has 0 saturated carbocycles. The molecule has 2 atom stereocenters. The van der Waals surface area contributed by atoms with Gasteiger partial charge in [0, 0.05) is 31.1 Å². The molecule has 0 radical (unpaired) electrons. The molecule has 25 heavy (non-hydrogen) atoms. The van der Waals surface area contributed by atoms with Gasteiger partial charge >= 0.3 is 0 Å². The number of likely N-dealkylation sites (tertiary alicyclic amines) is 1. The fraction of sp³-hybridized carbons (Fsp3) is 0.350. The lowest BCUT2D eigenvalue weighted by molar-refractivity contribution is 0.0951. The lowest BCUT2D eigenvalue weighted by Gasteiger charge is -2.17. The topological polar surface area (TPSA) is 41.6 Å². The standard InChI is InChI=1S/C20H21FN2O2/c1-23-10-14-9-22-20(24)18-8-16(5-6-17(18)19(14)11-23)25-12-13-3-2-4-15(21)7-13/h2-8,14,19H,9-12H2,1H3,(H,22,24). The van der Waals surface area contributed by atoms with Crippen molar-refractivity contribution in [2.75, 3.05) is 26.7 Å². The van der Waals surface area contributed by atoms with Crippen LogP contribution in [-0.2, 0) is 6.61 Å². The number of halogens is 1. The van der Waals surface area contributed by atoms with Gasteiger partial charge in [-0.2, -0.15) is 0 Å². The SMILES string of the molecule is CN1CC2CNC(=O)c3cc(OCc4cccc(F)c4)ccc3C2C1. The Kier molecular flexibility index (Phi) is 4.17. The molecule has 0 bridgehead atoms. The van der Waals surface area contributed by atoms with Crippen molar-refractivity contribution in [3.8, 4) is 5.75 Å². The Morgan fingerprint density at radius 3 is 2.96 bits per heavy atom. The summed E-state index contributed by atoms with van der Waals surface area (Å²) in [6, 6.07) is 12.1. The third kappa shape index (κ3) is 3.24. The van der Waals surface area contributed by atoms with Gasteiger partial charge in [0.05, 0.1) is 0 Å². The summed E-state index contributed by atoms with van der Waals surface area (Å²) in [5.41, 5.74) is 2.55. The van der Waals surface area contributed by atoms with E-state index in [1.807, 2.05) is 24.3 Å². The van der Waals surface area contributed by atoms with E-state index >= 15 is 0 Å². The third-order valence-electron chi connectivity index (χ3n) is 5.11.